The van der Waals surface area contributed by atoms with Crippen LogP contribution in [0.15, 0.2) is 6.07 Å². The number of aromatic nitrogens is 1. The maximum atomic E-state index is 12.8. The van der Waals surface area contributed by atoms with Crippen LogP contribution in [-0.4, -0.2) is 65.4 Å². The molecule has 1 aromatic heterocycles. The number of carbonyl (C=O) groups excluding carboxylic acids is 2. The average molecular weight is 363 g/mol. The zero-order valence-corrected chi connectivity index (χ0v) is 17.2. The lowest BCUT2D eigenvalue weighted by molar-refractivity contribution is 0.0877. The summed E-state index contributed by atoms with van der Waals surface area (Å²) in [7, 11) is 0. The van der Waals surface area contributed by atoms with Gasteiger partial charge >= 0.3 is 6.03 Å². The van der Waals surface area contributed by atoms with Crippen molar-refractivity contribution in [3.63, 3.8) is 0 Å². The summed E-state index contributed by atoms with van der Waals surface area (Å²) in [4.78, 5) is 28.8. The highest BCUT2D eigenvalue weighted by molar-refractivity contribution is 5.99. The number of rotatable bonds is 5. The molecule has 0 bridgehead atoms. The Morgan fingerprint density at radius 1 is 1.12 bits per heavy atom. The highest BCUT2D eigenvalue weighted by Gasteiger charge is 2.26. The number of amides is 2. The smallest absolute Gasteiger partial charge is 0.317 e. The van der Waals surface area contributed by atoms with Gasteiger partial charge in [0, 0.05) is 55.2 Å². The zero-order valence-electron chi connectivity index (χ0n) is 17.2. The standard InChI is InChI=1S/C20H34N4O2/c1-7-8-21-19(26)23-11-9-22(10-12-23)14-18(25)17-13-15(2)24(16(17)3)20(4,5)6/h13H,7-12,14H2,1-6H3,(H,21,26). The van der Waals surface area contributed by atoms with Gasteiger partial charge in [0.25, 0.3) is 0 Å². The molecular weight excluding hydrogens is 328 g/mol. The van der Waals surface area contributed by atoms with Crippen molar-refractivity contribution >= 4 is 11.8 Å². The Kier molecular flexibility index (Phi) is 6.50. The molecule has 2 amide bonds. The Morgan fingerprint density at radius 2 is 1.73 bits per heavy atom. The van der Waals surface area contributed by atoms with E-state index in [9.17, 15) is 9.59 Å². The van der Waals surface area contributed by atoms with Crippen molar-refractivity contribution in [1.29, 1.82) is 0 Å². The van der Waals surface area contributed by atoms with Crippen molar-refractivity contribution in [2.75, 3.05) is 39.3 Å². The van der Waals surface area contributed by atoms with Crippen LogP contribution in [0.1, 0.15) is 55.9 Å². The maximum Gasteiger partial charge on any atom is 0.317 e. The number of nitrogens with one attached hydrogen (secondary N) is 1. The molecule has 1 aliphatic heterocycles. The first-order valence-corrected chi connectivity index (χ1v) is 9.63. The van der Waals surface area contributed by atoms with E-state index in [1.165, 1.54) is 0 Å². The van der Waals surface area contributed by atoms with E-state index in [1.807, 2.05) is 24.8 Å². The molecule has 6 nitrogen and oxygen atoms in total. The van der Waals surface area contributed by atoms with Gasteiger partial charge in [-0.15, -0.1) is 0 Å². The molecule has 2 rings (SSSR count). The van der Waals surface area contributed by atoms with E-state index in [0.717, 1.165) is 36.5 Å². The van der Waals surface area contributed by atoms with Crippen molar-refractivity contribution in [3.8, 4) is 0 Å². The number of hydrogen-bond donors (Lipinski definition) is 1. The lowest BCUT2D eigenvalue weighted by Gasteiger charge is -2.34. The Hall–Kier alpha value is -1.82. The van der Waals surface area contributed by atoms with Crippen LogP contribution in [0.4, 0.5) is 4.79 Å². The van der Waals surface area contributed by atoms with Gasteiger partial charge in [-0.3, -0.25) is 9.69 Å². The van der Waals surface area contributed by atoms with E-state index >= 15 is 0 Å². The Balaban J connectivity index is 1.95. The van der Waals surface area contributed by atoms with E-state index in [-0.39, 0.29) is 17.4 Å². The van der Waals surface area contributed by atoms with Crippen molar-refractivity contribution in [2.24, 2.45) is 0 Å². The fraction of sp³-hybridized carbons (Fsp3) is 0.700. The van der Waals surface area contributed by atoms with Crippen molar-refractivity contribution in [1.82, 2.24) is 19.7 Å². The van der Waals surface area contributed by atoms with Crippen LogP contribution >= 0.6 is 0 Å². The van der Waals surface area contributed by atoms with Gasteiger partial charge in [-0.05, 0) is 47.1 Å². The van der Waals surface area contributed by atoms with E-state index < -0.39 is 0 Å². The molecule has 0 radical (unpaired) electrons. The van der Waals surface area contributed by atoms with Crippen molar-refractivity contribution in [2.45, 2.75) is 53.5 Å². The van der Waals surface area contributed by atoms with E-state index in [1.54, 1.807) is 0 Å². The van der Waals surface area contributed by atoms with Crippen LogP contribution in [0.25, 0.3) is 0 Å². The Morgan fingerprint density at radius 3 is 2.23 bits per heavy atom. The summed E-state index contributed by atoms with van der Waals surface area (Å²) in [6.07, 6.45) is 0.938. The molecule has 1 fully saturated rings. The first kappa shape index (κ1) is 20.5. The van der Waals surface area contributed by atoms with Gasteiger partial charge in [-0.2, -0.15) is 0 Å². The summed E-state index contributed by atoms with van der Waals surface area (Å²) < 4.78 is 2.23. The summed E-state index contributed by atoms with van der Waals surface area (Å²) in [5.74, 6) is 0.164. The largest absolute Gasteiger partial charge is 0.343 e. The molecule has 0 aliphatic carbocycles. The molecule has 0 unspecified atom stereocenters. The summed E-state index contributed by atoms with van der Waals surface area (Å²) in [5.41, 5.74) is 2.94. The molecule has 1 N–H and O–H groups in total. The molecular formula is C20H34N4O2. The molecule has 0 saturated carbocycles. The topological polar surface area (TPSA) is 57.6 Å². The number of Topliss-reactive ketones (excluding diaryl/α,β-unsaturated/α-hetero) is 1. The Bertz CT molecular complexity index is 650. The van der Waals surface area contributed by atoms with Gasteiger partial charge in [0.05, 0.1) is 6.54 Å². The summed E-state index contributed by atoms with van der Waals surface area (Å²) >= 11 is 0. The highest BCUT2D eigenvalue weighted by Crippen LogP contribution is 2.25. The SMILES string of the molecule is CCCNC(=O)N1CCN(CC(=O)c2cc(C)n(C(C)(C)C)c2C)CC1. The van der Waals surface area contributed by atoms with Crippen molar-refractivity contribution in [3.05, 3.63) is 23.0 Å². The number of aryl methyl sites for hydroxylation is 1. The monoisotopic (exact) mass is 362 g/mol. The van der Waals surface area contributed by atoms with Crippen LogP contribution in [0, 0.1) is 13.8 Å². The van der Waals surface area contributed by atoms with E-state index in [0.29, 0.717) is 26.2 Å². The number of piperazine rings is 1. The van der Waals surface area contributed by atoms with Gasteiger partial charge in [0.1, 0.15) is 0 Å². The molecule has 146 valence electrons. The second kappa shape index (κ2) is 8.25. The van der Waals surface area contributed by atoms with Crippen LogP contribution in [0.2, 0.25) is 0 Å². The van der Waals surface area contributed by atoms with Gasteiger partial charge in [0.2, 0.25) is 0 Å². The number of carbonyl (C=O) groups is 2. The molecule has 0 atom stereocenters. The maximum absolute atomic E-state index is 12.8. The van der Waals surface area contributed by atoms with Gasteiger partial charge in [-0.25, -0.2) is 4.79 Å². The van der Waals surface area contributed by atoms with E-state index in [2.05, 4.69) is 42.5 Å². The first-order chi connectivity index (χ1) is 12.1. The van der Waals surface area contributed by atoms with Crippen LogP contribution in [-0.2, 0) is 5.54 Å². The zero-order chi connectivity index (χ0) is 19.5. The Labute approximate surface area is 157 Å². The van der Waals surface area contributed by atoms with Crippen LogP contribution in [0.5, 0.6) is 0 Å². The second-order valence-electron chi connectivity index (χ2n) is 8.21. The molecule has 1 aromatic rings. The summed E-state index contributed by atoms with van der Waals surface area (Å²) in [6, 6.07) is 2.02. The normalized spacial score (nSPS) is 16.0. The summed E-state index contributed by atoms with van der Waals surface area (Å²) in [5, 5.41) is 2.91. The van der Waals surface area contributed by atoms with Crippen LogP contribution in [0.3, 0.4) is 0 Å². The third-order valence-corrected chi connectivity index (χ3v) is 4.96. The number of ketones is 1. The van der Waals surface area contributed by atoms with E-state index in [4.69, 9.17) is 0 Å². The predicted molar refractivity (Wildman–Crippen MR) is 105 cm³/mol. The summed E-state index contributed by atoms with van der Waals surface area (Å²) in [6.45, 7) is 16.5. The average Bonchev–Trinajstić information content (AvgIpc) is 2.87. The van der Waals surface area contributed by atoms with Crippen LogP contribution < -0.4 is 5.32 Å². The second-order valence-corrected chi connectivity index (χ2v) is 8.21. The molecule has 1 saturated heterocycles. The molecule has 1 aliphatic rings. The molecule has 26 heavy (non-hydrogen) atoms. The molecule has 0 spiro atoms. The molecule has 2 heterocycles. The van der Waals surface area contributed by atoms with Gasteiger partial charge in [-0.1, -0.05) is 6.92 Å². The highest BCUT2D eigenvalue weighted by atomic mass is 16.2. The third kappa shape index (κ3) is 4.67. The minimum atomic E-state index is -0.0375. The lowest BCUT2D eigenvalue weighted by atomic mass is 10.1. The number of nitrogens with zero attached hydrogens (tertiary/aromatic N) is 3. The fourth-order valence-electron chi connectivity index (χ4n) is 3.82. The molecule has 6 heteroatoms. The minimum Gasteiger partial charge on any atom is -0.343 e. The number of urea groups is 1. The first-order valence-electron chi connectivity index (χ1n) is 9.63. The number of hydrogen-bond acceptors (Lipinski definition) is 3. The predicted octanol–water partition coefficient (Wildman–Crippen LogP) is 2.78. The minimum absolute atomic E-state index is 0.00606. The fourth-order valence-corrected chi connectivity index (χ4v) is 3.82. The quantitative estimate of drug-likeness (QED) is 0.820. The van der Waals surface area contributed by atoms with Crippen molar-refractivity contribution < 1.29 is 9.59 Å². The third-order valence-electron chi connectivity index (χ3n) is 4.96. The lowest BCUT2D eigenvalue weighted by Crippen LogP contribution is -2.52. The van der Waals surface area contributed by atoms with Gasteiger partial charge < -0.3 is 14.8 Å². The molecule has 0 aromatic carbocycles. The van der Waals surface area contributed by atoms with Gasteiger partial charge in [0.15, 0.2) is 5.78 Å².